The maximum Gasteiger partial charge on any atom is 0.169 e. The third-order valence-corrected chi connectivity index (χ3v) is 3.15. The summed E-state index contributed by atoms with van der Waals surface area (Å²) in [5.41, 5.74) is 0.00978. The average molecular weight is 236 g/mol. The van der Waals surface area contributed by atoms with Gasteiger partial charge in [0.25, 0.3) is 0 Å². The Balaban J connectivity index is 1.98. The van der Waals surface area contributed by atoms with Crippen LogP contribution in [0.3, 0.4) is 0 Å². The second kappa shape index (κ2) is 4.29. The maximum atomic E-state index is 5.29. The Morgan fingerprint density at radius 3 is 2.81 bits per heavy atom. The first-order chi connectivity index (χ1) is 7.55. The van der Waals surface area contributed by atoms with Gasteiger partial charge in [0.2, 0.25) is 0 Å². The molecular weight excluding hydrogens is 220 g/mol. The first-order valence-electron chi connectivity index (χ1n) is 5.29. The largest absolute Gasteiger partial charge is 0.362 e. The van der Waals surface area contributed by atoms with Gasteiger partial charge in [0.1, 0.15) is 5.76 Å². The zero-order valence-electron chi connectivity index (χ0n) is 9.78. The van der Waals surface area contributed by atoms with Crippen molar-refractivity contribution < 1.29 is 4.52 Å². The molecule has 3 nitrogen and oxygen atoms in total. The van der Waals surface area contributed by atoms with Crippen molar-refractivity contribution in [3.63, 3.8) is 0 Å². The van der Waals surface area contributed by atoms with Crippen LogP contribution in [0.2, 0.25) is 0 Å². The second-order valence-electron chi connectivity index (χ2n) is 4.76. The van der Waals surface area contributed by atoms with Gasteiger partial charge in [-0.05, 0) is 11.4 Å². The predicted molar refractivity (Wildman–Crippen MR) is 66.8 cm³/mol. The number of nitrogens with one attached hydrogen (secondary N) is 1. The van der Waals surface area contributed by atoms with E-state index in [9.17, 15) is 0 Å². The quantitative estimate of drug-likeness (QED) is 0.884. The van der Waals surface area contributed by atoms with Crippen molar-refractivity contribution in [3.8, 4) is 0 Å². The van der Waals surface area contributed by atoms with Crippen molar-refractivity contribution in [1.82, 2.24) is 5.16 Å². The summed E-state index contributed by atoms with van der Waals surface area (Å²) in [6.07, 6.45) is 0. The molecule has 0 atom stereocenters. The lowest BCUT2D eigenvalue weighted by molar-refractivity contribution is 0.330. The minimum Gasteiger partial charge on any atom is -0.362 e. The second-order valence-corrected chi connectivity index (χ2v) is 5.79. The van der Waals surface area contributed by atoms with E-state index in [4.69, 9.17) is 4.52 Å². The fraction of sp³-hybridized carbons (Fsp3) is 0.417. The van der Waals surface area contributed by atoms with Gasteiger partial charge in [0.05, 0.1) is 6.54 Å². The lowest BCUT2D eigenvalue weighted by atomic mass is 9.93. The molecule has 0 radical (unpaired) electrons. The van der Waals surface area contributed by atoms with Crippen LogP contribution in [0.25, 0.3) is 0 Å². The highest BCUT2D eigenvalue weighted by Gasteiger charge is 2.19. The molecule has 0 fully saturated rings. The third-order valence-electron chi connectivity index (χ3n) is 2.27. The van der Waals surface area contributed by atoms with Crippen LogP contribution in [0.15, 0.2) is 28.1 Å². The molecule has 0 amide bonds. The Kier molecular flexibility index (Phi) is 3.01. The van der Waals surface area contributed by atoms with Gasteiger partial charge in [-0.1, -0.05) is 32.0 Å². The number of rotatable bonds is 3. The molecule has 0 saturated heterocycles. The van der Waals surface area contributed by atoms with E-state index in [0.29, 0.717) is 0 Å². The summed E-state index contributed by atoms with van der Waals surface area (Å²) >= 11 is 1.73. The number of thiophene rings is 1. The van der Waals surface area contributed by atoms with Crippen LogP contribution in [0, 0.1) is 0 Å². The Hall–Kier alpha value is -1.29. The number of nitrogens with zero attached hydrogens (tertiary/aromatic N) is 1. The van der Waals surface area contributed by atoms with Crippen LogP contribution in [-0.2, 0) is 12.0 Å². The number of hydrogen-bond acceptors (Lipinski definition) is 4. The number of hydrogen-bond donors (Lipinski definition) is 1. The van der Waals surface area contributed by atoms with Gasteiger partial charge >= 0.3 is 0 Å². The highest BCUT2D eigenvalue weighted by atomic mass is 32.1. The van der Waals surface area contributed by atoms with Gasteiger partial charge in [-0.25, -0.2) is 0 Å². The van der Waals surface area contributed by atoms with Crippen molar-refractivity contribution in [2.45, 2.75) is 32.7 Å². The number of aromatic nitrogens is 1. The van der Waals surface area contributed by atoms with Gasteiger partial charge in [-0.15, -0.1) is 11.3 Å². The SMILES string of the molecule is CC(C)(C)c1cc(NCc2cccs2)no1. The molecular formula is C12H16N2OS. The molecule has 0 spiro atoms. The average Bonchev–Trinajstić information content (AvgIpc) is 2.85. The summed E-state index contributed by atoms with van der Waals surface area (Å²) in [5.74, 6) is 1.71. The van der Waals surface area contributed by atoms with E-state index in [1.165, 1.54) is 4.88 Å². The predicted octanol–water partition coefficient (Wildman–Crippen LogP) is 3.65. The van der Waals surface area contributed by atoms with E-state index in [1.807, 2.05) is 12.1 Å². The molecule has 4 heteroatoms. The van der Waals surface area contributed by atoms with Crippen molar-refractivity contribution in [3.05, 3.63) is 34.2 Å². The molecule has 2 aromatic heterocycles. The van der Waals surface area contributed by atoms with Gasteiger partial charge in [-0.3, -0.25) is 0 Å². The van der Waals surface area contributed by atoms with E-state index in [1.54, 1.807) is 11.3 Å². The maximum absolute atomic E-state index is 5.29. The number of anilines is 1. The molecule has 2 rings (SSSR count). The van der Waals surface area contributed by atoms with Gasteiger partial charge in [0, 0.05) is 16.4 Å². The minimum absolute atomic E-state index is 0.00978. The lowest BCUT2D eigenvalue weighted by Crippen LogP contribution is -2.09. The molecule has 0 aliphatic carbocycles. The summed E-state index contributed by atoms with van der Waals surface area (Å²) in [4.78, 5) is 1.29. The summed E-state index contributed by atoms with van der Waals surface area (Å²) in [6.45, 7) is 7.12. The Morgan fingerprint density at radius 2 is 2.25 bits per heavy atom. The molecule has 0 aromatic carbocycles. The normalized spacial score (nSPS) is 11.7. The first-order valence-corrected chi connectivity index (χ1v) is 6.17. The van der Waals surface area contributed by atoms with Gasteiger partial charge in [0.15, 0.2) is 5.82 Å². The lowest BCUT2D eigenvalue weighted by Gasteiger charge is -2.12. The van der Waals surface area contributed by atoms with E-state index in [2.05, 4.69) is 42.7 Å². The zero-order chi connectivity index (χ0) is 11.6. The smallest absolute Gasteiger partial charge is 0.169 e. The van der Waals surface area contributed by atoms with Crippen LogP contribution in [-0.4, -0.2) is 5.16 Å². The Bertz CT molecular complexity index is 440. The van der Waals surface area contributed by atoms with Crippen LogP contribution in [0.4, 0.5) is 5.82 Å². The molecule has 0 saturated carbocycles. The monoisotopic (exact) mass is 236 g/mol. The van der Waals surface area contributed by atoms with Crippen LogP contribution >= 0.6 is 11.3 Å². The fourth-order valence-corrected chi connectivity index (χ4v) is 1.95. The van der Waals surface area contributed by atoms with Crippen molar-refractivity contribution in [2.24, 2.45) is 0 Å². The molecule has 0 aliphatic rings. The van der Waals surface area contributed by atoms with Crippen LogP contribution in [0.1, 0.15) is 31.4 Å². The summed E-state index contributed by atoms with van der Waals surface area (Å²) in [5, 5.41) is 9.32. The zero-order valence-corrected chi connectivity index (χ0v) is 10.6. The van der Waals surface area contributed by atoms with Crippen molar-refractivity contribution >= 4 is 17.2 Å². The molecule has 16 heavy (non-hydrogen) atoms. The highest BCUT2D eigenvalue weighted by molar-refractivity contribution is 7.09. The van der Waals surface area contributed by atoms with E-state index < -0.39 is 0 Å². The van der Waals surface area contributed by atoms with Gasteiger partial charge < -0.3 is 9.84 Å². The topological polar surface area (TPSA) is 38.1 Å². The third kappa shape index (κ3) is 2.64. The molecule has 2 heterocycles. The Labute approximate surface area is 99.5 Å². The van der Waals surface area contributed by atoms with Crippen molar-refractivity contribution in [2.75, 3.05) is 5.32 Å². The summed E-state index contributed by atoms with van der Waals surface area (Å²) in [6, 6.07) is 6.11. The van der Waals surface area contributed by atoms with E-state index in [0.717, 1.165) is 18.1 Å². The Morgan fingerprint density at radius 1 is 1.44 bits per heavy atom. The first kappa shape index (κ1) is 11.2. The summed E-state index contributed by atoms with van der Waals surface area (Å²) < 4.78 is 5.29. The van der Waals surface area contributed by atoms with Crippen molar-refractivity contribution in [1.29, 1.82) is 0 Å². The van der Waals surface area contributed by atoms with E-state index in [-0.39, 0.29) is 5.41 Å². The van der Waals surface area contributed by atoms with E-state index >= 15 is 0 Å². The molecule has 86 valence electrons. The highest BCUT2D eigenvalue weighted by Crippen LogP contribution is 2.24. The molecule has 0 aliphatic heterocycles. The molecule has 1 N–H and O–H groups in total. The van der Waals surface area contributed by atoms with Crippen LogP contribution < -0.4 is 5.32 Å². The fourth-order valence-electron chi connectivity index (χ4n) is 1.30. The van der Waals surface area contributed by atoms with Crippen LogP contribution in [0.5, 0.6) is 0 Å². The van der Waals surface area contributed by atoms with Gasteiger partial charge in [-0.2, -0.15) is 0 Å². The standard InChI is InChI=1S/C12H16N2OS/c1-12(2,3)10-7-11(14-15-10)13-8-9-5-4-6-16-9/h4-7H,8H2,1-3H3,(H,13,14). The molecule has 0 unspecified atom stereocenters. The molecule has 0 bridgehead atoms. The summed E-state index contributed by atoms with van der Waals surface area (Å²) in [7, 11) is 0. The minimum atomic E-state index is 0.00978. The molecule has 2 aromatic rings.